The Bertz CT molecular complexity index is 6060. The molecule has 6 aliphatic heterocycles. The maximum Gasteiger partial charge on any atom is 0.261 e. The number of morpholine rings is 2. The Hall–Kier alpha value is -11.6. The number of benzene rings is 6. The van der Waals surface area contributed by atoms with Crippen molar-refractivity contribution in [2.24, 2.45) is 47.3 Å². The number of aromatic nitrogens is 12. The smallest absolute Gasteiger partial charge is 0.261 e. The average Bonchev–Trinajstić information content (AvgIpc) is 1.77. The fourth-order valence-electron chi connectivity index (χ4n) is 16.0. The number of likely N-dealkylation sites (N-methyl/N-ethyl adjacent to an activating group) is 1. The van der Waals surface area contributed by atoms with Gasteiger partial charge in [0.05, 0.1) is 98.4 Å². The van der Waals surface area contributed by atoms with E-state index in [9.17, 15) is 28.8 Å². The third kappa shape index (κ3) is 22.3. The van der Waals surface area contributed by atoms with E-state index in [0.29, 0.717) is 26.9 Å². The summed E-state index contributed by atoms with van der Waals surface area (Å²) in [7, 11) is 12.5. The lowest BCUT2D eigenvalue weighted by atomic mass is 10.1. The molecule has 0 aliphatic carbocycles. The second-order valence-electron chi connectivity index (χ2n) is 32.5. The number of aliphatic imine (C=N–C) groups is 1. The summed E-state index contributed by atoms with van der Waals surface area (Å²) in [4.78, 5) is 116. The fraction of sp³-hybridized carbons (Fsp3) is 0.467. The van der Waals surface area contributed by atoms with E-state index in [1.54, 1.807) is 69.7 Å². The van der Waals surface area contributed by atoms with Gasteiger partial charge in [0, 0.05) is 168 Å². The first-order chi connectivity index (χ1) is 59.3. The van der Waals surface area contributed by atoms with Crippen molar-refractivity contribution in [3.8, 4) is 0 Å². The van der Waals surface area contributed by atoms with E-state index >= 15 is 0 Å². The van der Waals surface area contributed by atoms with Crippen molar-refractivity contribution in [3.05, 3.63) is 211 Å². The molecule has 31 nitrogen and oxygen atoms in total. The van der Waals surface area contributed by atoms with Gasteiger partial charge in [-0.3, -0.25) is 71.0 Å². The Morgan fingerprint density at radius 2 is 0.659 bits per heavy atom. The zero-order valence-corrected chi connectivity index (χ0v) is 73.8. The van der Waals surface area contributed by atoms with E-state index in [-0.39, 0.29) is 33.4 Å². The molecule has 0 bridgehead atoms. The third-order valence-corrected chi connectivity index (χ3v) is 24.2. The molecule has 12 heterocycles. The Kier molecular flexibility index (Phi) is 30.1. The van der Waals surface area contributed by atoms with Gasteiger partial charge in [-0.25, -0.2) is 29.9 Å². The molecular weight excluding hydrogens is 1560 g/mol. The van der Waals surface area contributed by atoms with Crippen LogP contribution in [-0.2, 0) is 58.2 Å². The summed E-state index contributed by atoms with van der Waals surface area (Å²) in [6.07, 6.45) is 8.73. The lowest BCUT2D eigenvalue weighted by molar-refractivity contribution is 0.0378. The minimum Gasteiger partial charge on any atom is -0.385 e. The van der Waals surface area contributed by atoms with E-state index in [1.807, 2.05) is 152 Å². The number of likely N-dealkylation sites (tertiary alicyclic amines) is 2. The number of hydrogen-bond donors (Lipinski definition) is 5. The van der Waals surface area contributed by atoms with E-state index in [1.165, 1.54) is 63.8 Å². The van der Waals surface area contributed by atoms with Crippen LogP contribution in [0.15, 0.2) is 137 Å². The largest absolute Gasteiger partial charge is 0.385 e. The van der Waals surface area contributed by atoms with Gasteiger partial charge in [-0.1, -0.05) is 12.5 Å². The predicted octanol–water partition coefficient (Wildman–Crippen LogP) is 8.40. The number of hydrogen-bond acceptors (Lipinski definition) is 25. The van der Waals surface area contributed by atoms with E-state index in [2.05, 4.69) is 86.0 Å². The second-order valence-corrected chi connectivity index (χ2v) is 32.5. The SMILES string of the molecule is Cc1nc2cc(C3=NCCN3C)ccc2c(=O)n1C.Cc1nc2cc(NCCCN3CCOCC3)ccc2c(=O)n1C.Cc1nc2cc(NCCN3CCCC3)ccc2c(=O)n1C.Cc1nc2cc(NCCN3CCCCC3)ccc2c(=O)n1C.Cc1nc2cc(NCCN3CCOCC3)ccc2c(=O)n1C.Cc1nc2cc3c(cc2c(=O)n1C)CCN3. The highest BCUT2D eigenvalue weighted by Crippen LogP contribution is 2.27. The van der Waals surface area contributed by atoms with Gasteiger partial charge in [0.25, 0.3) is 33.4 Å². The van der Waals surface area contributed by atoms with Gasteiger partial charge in [-0.2, -0.15) is 0 Å². The molecule has 6 aromatic carbocycles. The van der Waals surface area contributed by atoms with Crippen LogP contribution in [-0.4, -0.2) is 245 Å². The normalized spacial score (nSPS) is 15.6. The number of amidine groups is 1. The zero-order chi connectivity index (χ0) is 87.0. The third-order valence-electron chi connectivity index (χ3n) is 24.2. The van der Waals surface area contributed by atoms with Crippen molar-refractivity contribution in [2.45, 2.75) is 86.5 Å². The highest BCUT2D eigenvalue weighted by Gasteiger charge is 2.21. The molecule has 6 aliphatic rings. The van der Waals surface area contributed by atoms with Crippen molar-refractivity contribution in [2.75, 3.05) is 184 Å². The van der Waals surface area contributed by atoms with E-state index in [0.717, 1.165) is 251 Å². The predicted molar refractivity (Wildman–Crippen MR) is 496 cm³/mol. The van der Waals surface area contributed by atoms with Crippen LogP contribution >= 0.6 is 0 Å². The number of ether oxygens (including phenoxy) is 2. The molecule has 5 N–H and O–H groups in total. The molecule has 0 radical (unpaired) electrons. The van der Waals surface area contributed by atoms with Crippen LogP contribution in [0.3, 0.4) is 0 Å². The monoisotopic (exact) mass is 1680 g/mol. The number of fused-ring (bicyclic) bond motifs is 7. The molecular formula is C92H121N23O8. The lowest BCUT2D eigenvalue weighted by Gasteiger charge is -2.26. The topological polar surface area (TPSA) is 317 Å². The molecule has 0 spiro atoms. The van der Waals surface area contributed by atoms with Crippen molar-refractivity contribution in [1.82, 2.24) is 81.8 Å². The number of nitrogens with one attached hydrogen (secondary N) is 5. The maximum atomic E-state index is 12.2. The van der Waals surface area contributed by atoms with Crippen LogP contribution < -0.4 is 59.9 Å². The zero-order valence-electron chi connectivity index (χ0n) is 73.8. The van der Waals surface area contributed by atoms with Gasteiger partial charge >= 0.3 is 0 Å². The number of rotatable bonds is 18. The highest BCUT2D eigenvalue weighted by molar-refractivity contribution is 6.02. The van der Waals surface area contributed by atoms with Gasteiger partial charge in [0.1, 0.15) is 40.8 Å². The van der Waals surface area contributed by atoms with Gasteiger partial charge in [0.15, 0.2) is 0 Å². The highest BCUT2D eigenvalue weighted by atomic mass is 16.5. The molecule has 0 amide bonds. The summed E-state index contributed by atoms with van der Waals surface area (Å²) in [5.74, 6) is 5.37. The first-order valence-corrected chi connectivity index (χ1v) is 43.2. The average molecular weight is 1680 g/mol. The fourth-order valence-corrected chi connectivity index (χ4v) is 16.0. The molecule has 4 fully saturated rings. The lowest BCUT2D eigenvalue weighted by Crippen LogP contribution is -2.39. The molecule has 6 aromatic heterocycles. The van der Waals surface area contributed by atoms with Crippen LogP contribution in [0.1, 0.15) is 84.6 Å². The Morgan fingerprint density at radius 1 is 0.341 bits per heavy atom. The summed E-state index contributed by atoms with van der Waals surface area (Å²) < 4.78 is 20.2. The van der Waals surface area contributed by atoms with E-state index < -0.39 is 0 Å². The Labute approximate surface area is 716 Å². The summed E-state index contributed by atoms with van der Waals surface area (Å²) in [6, 6.07) is 32.8. The molecule has 12 aromatic rings. The minimum atomic E-state index is -0.00392. The van der Waals surface area contributed by atoms with Crippen molar-refractivity contribution in [3.63, 3.8) is 0 Å². The number of anilines is 5. The standard InChI is InChI=1S/C17H24N4O2.C17H24N4O.C16H22N4O2.C16H22N4O.C14H16N4O.C12H13N3O/c1-13-19-16-12-14(4-5-15(16)17(22)20(13)2)18-6-3-7-21-8-10-23-11-9-21;1-13-19-16-12-14(6-7-15(16)17(22)20(13)2)18-8-11-21-9-4-3-5-10-21;1-12-18-15-11-13(3-4-14(15)16(21)19(12)2)17-5-6-20-7-9-22-10-8-20;1-12-18-15-11-13(5-6-14(15)16(21)19(12)2)17-7-10-20-8-3-4-9-20;1-9-16-12-8-10(13-15-6-7-17(13)2)4-5-11(12)14(19)18(9)3;1-7-14-11-6-10-8(3-4-13-10)5-9(11)12(16)15(7)2/h4-5,12,18H,3,6-11H2,1-2H3;6-7,12,18H,3-5,8-11H2,1-2H3;3-4,11,17H,5-10H2,1-2H3;5-6,11,17H,3-4,7-10H2,1-2H3;4-5,8H,6-7H2,1-3H3;5-6,13H,3-4H2,1-2H3. The van der Waals surface area contributed by atoms with Crippen LogP contribution in [0.5, 0.6) is 0 Å². The molecule has 31 heteroatoms. The Balaban J connectivity index is 0.000000127. The van der Waals surface area contributed by atoms with E-state index in [4.69, 9.17) is 9.47 Å². The Morgan fingerprint density at radius 3 is 1.02 bits per heavy atom. The van der Waals surface area contributed by atoms with Gasteiger partial charge in [-0.05, 0) is 215 Å². The summed E-state index contributed by atoms with van der Waals surface area (Å²) in [6.45, 7) is 33.9. The molecule has 652 valence electrons. The van der Waals surface area contributed by atoms with Crippen LogP contribution in [0.4, 0.5) is 28.4 Å². The number of aryl methyl sites for hydroxylation is 6. The van der Waals surface area contributed by atoms with Crippen LogP contribution in [0.2, 0.25) is 0 Å². The van der Waals surface area contributed by atoms with Crippen LogP contribution in [0, 0.1) is 41.5 Å². The molecule has 123 heavy (non-hydrogen) atoms. The number of nitrogens with zero attached hydrogens (tertiary/aromatic N) is 18. The van der Waals surface area contributed by atoms with Gasteiger partial charge in [-0.15, -0.1) is 0 Å². The van der Waals surface area contributed by atoms with Crippen molar-refractivity contribution >= 4 is 99.7 Å². The minimum absolute atomic E-state index is 0.00219. The summed E-state index contributed by atoms with van der Waals surface area (Å²) in [5, 5.41) is 21.0. The molecule has 0 atom stereocenters. The first-order valence-electron chi connectivity index (χ1n) is 43.2. The van der Waals surface area contributed by atoms with Crippen molar-refractivity contribution < 1.29 is 9.47 Å². The second kappa shape index (κ2) is 41.5. The number of piperidine rings is 1. The van der Waals surface area contributed by atoms with Gasteiger partial charge in [0.2, 0.25) is 0 Å². The molecule has 0 unspecified atom stereocenters. The summed E-state index contributed by atoms with van der Waals surface area (Å²) in [5.41, 5.74) is 12.1. The van der Waals surface area contributed by atoms with Crippen LogP contribution in [0.25, 0.3) is 65.4 Å². The molecule has 0 saturated carbocycles. The quantitative estimate of drug-likeness (QED) is 0.0503. The maximum absolute atomic E-state index is 12.2. The van der Waals surface area contributed by atoms with Gasteiger partial charge < -0.3 is 50.8 Å². The summed E-state index contributed by atoms with van der Waals surface area (Å²) >= 11 is 0. The molecule has 4 saturated heterocycles. The molecule has 18 rings (SSSR count). The van der Waals surface area contributed by atoms with Crippen molar-refractivity contribution in [1.29, 1.82) is 0 Å². The first kappa shape index (κ1) is 89.2.